The molecule has 3 nitrogen and oxygen atoms in total. The van der Waals surface area contributed by atoms with Crippen LogP contribution in [0.1, 0.15) is 37.2 Å². The van der Waals surface area contributed by atoms with Gasteiger partial charge in [-0.15, -0.1) is 0 Å². The molecule has 0 aliphatic heterocycles. The number of hydrogen-bond acceptors (Lipinski definition) is 2. The maximum Gasteiger partial charge on any atom is 0.122 e. The van der Waals surface area contributed by atoms with Crippen molar-refractivity contribution in [3.8, 4) is 0 Å². The lowest BCUT2D eigenvalue weighted by molar-refractivity contribution is 0.507. The number of hydrogen-bond donors (Lipinski definition) is 1. The normalized spacial score (nSPS) is 17.9. The van der Waals surface area contributed by atoms with Gasteiger partial charge >= 0.3 is 0 Å². The minimum absolute atomic E-state index is 0.729. The SMILES string of the molecule is Cc1cn(C)c(CNC2CCCC2)n1. The molecule has 2 rings (SSSR count). The van der Waals surface area contributed by atoms with Gasteiger partial charge in [-0.05, 0) is 19.8 Å². The average Bonchev–Trinajstić information content (AvgIpc) is 2.72. The summed E-state index contributed by atoms with van der Waals surface area (Å²) >= 11 is 0. The zero-order valence-electron chi connectivity index (χ0n) is 9.08. The van der Waals surface area contributed by atoms with Crippen molar-refractivity contribution in [3.63, 3.8) is 0 Å². The van der Waals surface area contributed by atoms with Crippen LogP contribution in [0.15, 0.2) is 6.20 Å². The smallest absolute Gasteiger partial charge is 0.122 e. The Hall–Kier alpha value is -0.830. The highest BCUT2D eigenvalue weighted by atomic mass is 15.1. The van der Waals surface area contributed by atoms with Crippen molar-refractivity contribution in [2.75, 3.05) is 0 Å². The fraction of sp³-hybridized carbons (Fsp3) is 0.727. The first-order chi connectivity index (χ1) is 6.75. The molecule has 0 aromatic carbocycles. The molecule has 1 aliphatic rings. The van der Waals surface area contributed by atoms with E-state index < -0.39 is 0 Å². The van der Waals surface area contributed by atoms with Crippen LogP contribution in [-0.2, 0) is 13.6 Å². The molecule has 0 bridgehead atoms. The minimum Gasteiger partial charge on any atom is -0.337 e. The fourth-order valence-electron chi connectivity index (χ4n) is 2.20. The average molecular weight is 193 g/mol. The van der Waals surface area contributed by atoms with E-state index in [1.807, 2.05) is 6.92 Å². The predicted octanol–water partition coefficient (Wildman–Crippen LogP) is 1.76. The van der Waals surface area contributed by atoms with Gasteiger partial charge < -0.3 is 9.88 Å². The third-order valence-electron chi connectivity index (χ3n) is 3.00. The molecule has 0 spiro atoms. The monoisotopic (exact) mass is 193 g/mol. The van der Waals surface area contributed by atoms with E-state index >= 15 is 0 Å². The van der Waals surface area contributed by atoms with Crippen molar-refractivity contribution in [2.45, 2.75) is 45.2 Å². The highest BCUT2D eigenvalue weighted by Gasteiger charge is 2.14. The van der Waals surface area contributed by atoms with Gasteiger partial charge in [0.25, 0.3) is 0 Å². The highest BCUT2D eigenvalue weighted by molar-refractivity contribution is 5.01. The van der Waals surface area contributed by atoms with Gasteiger partial charge in [-0.3, -0.25) is 0 Å². The summed E-state index contributed by atoms with van der Waals surface area (Å²) in [6.45, 7) is 2.95. The van der Waals surface area contributed by atoms with E-state index in [0.717, 1.165) is 24.1 Å². The molecule has 1 saturated carbocycles. The Morgan fingerprint density at radius 1 is 1.50 bits per heavy atom. The first-order valence-corrected chi connectivity index (χ1v) is 5.48. The summed E-state index contributed by atoms with van der Waals surface area (Å²) in [5.74, 6) is 1.15. The van der Waals surface area contributed by atoms with Gasteiger partial charge in [-0.1, -0.05) is 12.8 Å². The Morgan fingerprint density at radius 2 is 2.21 bits per heavy atom. The van der Waals surface area contributed by atoms with Crippen LogP contribution >= 0.6 is 0 Å². The van der Waals surface area contributed by atoms with Crippen LogP contribution in [-0.4, -0.2) is 15.6 Å². The van der Waals surface area contributed by atoms with Crippen LogP contribution in [0.2, 0.25) is 0 Å². The second kappa shape index (κ2) is 4.13. The topological polar surface area (TPSA) is 29.9 Å². The molecule has 78 valence electrons. The van der Waals surface area contributed by atoms with E-state index in [0.29, 0.717) is 0 Å². The summed E-state index contributed by atoms with van der Waals surface area (Å²) < 4.78 is 2.11. The largest absolute Gasteiger partial charge is 0.337 e. The standard InChI is InChI=1S/C11H19N3/c1-9-8-14(2)11(13-9)7-12-10-5-3-4-6-10/h8,10,12H,3-7H2,1-2H3. The molecule has 0 amide bonds. The molecule has 1 fully saturated rings. The molecule has 1 aromatic rings. The van der Waals surface area contributed by atoms with Crippen molar-refractivity contribution in [1.29, 1.82) is 0 Å². The zero-order valence-corrected chi connectivity index (χ0v) is 9.08. The van der Waals surface area contributed by atoms with Gasteiger partial charge in [0.1, 0.15) is 5.82 Å². The Bertz CT molecular complexity index is 297. The van der Waals surface area contributed by atoms with E-state index in [4.69, 9.17) is 0 Å². The maximum atomic E-state index is 4.47. The van der Waals surface area contributed by atoms with Crippen molar-refractivity contribution >= 4 is 0 Å². The lowest BCUT2D eigenvalue weighted by atomic mass is 10.2. The minimum atomic E-state index is 0.729. The quantitative estimate of drug-likeness (QED) is 0.792. The molecule has 3 heteroatoms. The summed E-state index contributed by atoms with van der Waals surface area (Å²) in [6.07, 6.45) is 7.52. The van der Waals surface area contributed by atoms with Gasteiger partial charge in [0.05, 0.1) is 12.2 Å². The van der Waals surface area contributed by atoms with Crippen molar-refractivity contribution in [2.24, 2.45) is 7.05 Å². The van der Waals surface area contributed by atoms with Gasteiger partial charge in [0.15, 0.2) is 0 Å². The Kier molecular flexibility index (Phi) is 2.87. The van der Waals surface area contributed by atoms with Crippen molar-refractivity contribution < 1.29 is 0 Å². The molecule has 1 aromatic heterocycles. The molecule has 0 atom stereocenters. The van der Waals surface area contributed by atoms with Crippen LogP contribution in [0, 0.1) is 6.92 Å². The Labute approximate surface area is 85.5 Å². The van der Waals surface area contributed by atoms with Gasteiger partial charge in [-0.2, -0.15) is 0 Å². The summed E-state index contributed by atoms with van der Waals surface area (Å²) in [6, 6.07) is 0.729. The summed E-state index contributed by atoms with van der Waals surface area (Å²) in [4.78, 5) is 4.47. The molecule has 0 saturated heterocycles. The number of nitrogens with one attached hydrogen (secondary N) is 1. The summed E-state index contributed by atoms with van der Waals surface area (Å²) in [5.41, 5.74) is 1.11. The number of aromatic nitrogens is 2. The highest BCUT2D eigenvalue weighted by Crippen LogP contribution is 2.17. The van der Waals surface area contributed by atoms with E-state index in [2.05, 4.69) is 28.1 Å². The number of rotatable bonds is 3. The lowest BCUT2D eigenvalue weighted by Gasteiger charge is -2.10. The molecule has 1 heterocycles. The van der Waals surface area contributed by atoms with Gasteiger partial charge in [0, 0.05) is 19.3 Å². The van der Waals surface area contributed by atoms with E-state index in [1.54, 1.807) is 0 Å². The molecule has 1 N–H and O–H groups in total. The van der Waals surface area contributed by atoms with E-state index in [9.17, 15) is 0 Å². The van der Waals surface area contributed by atoms with Crippen molar-refractivity contribution in [1.82, 2.24) is 14.9 Å². The first-order valence-electron chi connectivity index (χ1n) is 5.48. The molecular formula is C11H19N3. The molecular weight excluding hydrogens is 174 g/mol. The fourth-order valence-corrected chi connectivity index (χ4v) is 2.20. The van der Waals surface area contributed by atoms with Crippen LogP contribution in [0.3, 0.4) is 0 Å². The number of imidazole rings is 1. The van der Waals surface area contributed by atoms with E-state index in [-0.39, 0.29) is 0 Å². The third kappa shape index (κ3) is 2.15. The maximum absolute atomic E-state index is 4.47. The molecule has 0 radical (unpaired) electrons. The third-order valence-corrected chi connectivity index (χ3v) is 3.00. The number of nitrogens with zero attached hydrogens (tertiary/aromatic N) is 2. The Morgan fingerprint density at radius 3 is 2.79 bits per heavy atom. The lowest BCUT2D eigenvalue weighted by Crippen LogP contribution is -2.26. The van der Waals surface area contributed by atoms with Gasteiger partial charge in [-0.25, -0.2) is 4.98 Å². The van der Waals surface area contributed by atoms with Crippen LogP contribution in [0.25, 0.3) is 0 Å². The summed E-state index contributed by atoms with van der Waals surface area (Å²) in [5, 5.41) is 3.57. The second-order valence-corrected chi connectivity index (χ2v) is 4.27. The molecule has 14 heavy (non-hydrogen) atoms. The summed E-state index contributed by atoms with van der Waals surface area (Å²) in [7, 11) is 2.06. The number of aryl methyl sites for hydroxylation is 2. The second-order valence-electron chi connectivity index (χ2n) is 4.27. The van der Waals surface area contributed by atoms with Crippen LogP contribution in [0.4, 0.5) is 0 Å². The van der Waals surface area contributed by atoms with Gasteiger partial charge in [0.2, 0.25) is 0 Å². The Balaban J connectivity index is 1.87. The molecule has 1 aliphatic carbocycles. The van der Waals surface area contributed by atoms with Crippen molar-refractivity contribution in [3.05, 3.63) is 17.7 Å². The zero-order chi connectivity index (χ0) is 9.97. The van der Waals surface area contributed by atoms with E-state index in [1.165, 1.54) is 25.7 Å². The first kappa shape index (κ1) is 9.71. The predicted molar refractivity (Wildman–Crippen MR) is 57.0 cm³/mol. The van der Waals surface area contributed by atoms with Crippen LogP contribution in [0.5, 0.6) is 0 Å². The molecule has 0 unspecified atom stereocenters. The van der Waals surface area contributed by atoms with Crippen LogP contribution < -0.4 is 5.32 Å².